The van der Waals surface area contributed by atoms with Crippen LogP contribution >= 0.6 is 46.6 Å². The Hall–Kier alpha value is -0.670. The van der Waals surface area contributed by atoms with Gasteiger partial charge < -0.3 is 0 Å². The summed E-state index contributed by atoms with van der Waals surface area (Å²) in [4.78, 5) is 12.5. The van der Waals surface area contributed by atoms with Gasteiger partial charge in [-0.25, -0.2) is 0 Å². The zero-order chi connectivity index (χ0) is 13.1. The monoisotopic (exact) mass is 316 g/mol. The third-order valence-corrected chi connectivity index (χ3v) is 4.26. The van der Waals surface area contributed by atoms with Crippen LogP contribution in [0.3, 0.4) is 0 Å². The Morgan fingerprint density at radius 3 is 2.22 bits per heavy atom. The zero-order valence-corrected chi connectivity index (χ0v) is 12.1. The standard InChI is InChI=1S/C13H7Cl3OS/c14-9-3-4-12(11(16)5-9)18-13-6-10(15)2-1-8(13)7-17/h1-7H. The van der Waals surface area contributed by atoms with E-state index >= 15 is 0 Å². The topological polar surface area (TPSA) is 17.1 Å². The molecule has 0 radical (unpaired) electrons. The van der Waals surface area contributed by atoms with Crippen molar-refractivity contribution in [1.82, 2.24) is 0 Å². The molecule has 18 heavy (non-hydrogen) atoms. The quantitative estimate of drug-likeness (QED) is 0.684. The van der Waals surface area contributed by atoms with Crippen molar-refractivity contribution in [3.05, 3.63) is 57.0 Å². The number of hydrogen-bond acceptors (Lipinski definition) is 2. The summed E-state index contributed by atoms with van der Waals surface area (Å²) in [5.41, 5.74) is 0.579. The van der Waals surface area contributed by atoms with Crippen LogP contribution in [0.25, 0.3) is 0 Å². The molecule has 0 aliphatic rings. The molecule has 0 aromatic heterocycles. The lowest BCUT2D eigenvalue weighted by Crippen LogP contribution is -1.85. The molecule has 0 N–H and O–H groups in total. The molecular formula is C13H7Cl3OS. The Balaban J connectivity index is 2.39. The summed E-state index contributed by atoms with van der Waals surface area (Å²) in [5, 5.41) is 1.70. The summed E-state index contributed by atoms with van der Waals surface area (Å²) < 4.78 is 0. The summed E-state index contributed by atoms with van der Waals surface area (Å²) in [6, 6.07) is 10.3. The molecule has 0 unspecified atom stereocenters. The van der Waals surface area contributed by atoms with Gasteiger partial charge in [-0.1, -0.05) is 46.6 Å². The van der Waals surface area contributed by atoms with Gasteiger partial charge in [-0.05, 0) is 36.4 Å². The van der Waals surface area contributed by atoms with E-state index in [2.05, 4.69) is 0 Å². The largest absolute Gasteiger partial charge is 0.298 e. The Bertz CT molecular complexity index is 599. The Morgan fingerprint density at radius 1 is 0.889 bits per heavy atom. The van der Waals surface area contributed by atoms with Gasteiger partial charge in [0.15, 0.2) is 6.29 Å². The predicted octanol–water partition coefficient (Wildman–Crippen LogP) is 5.61. The maximum atomic E-state index is 11.0. The highest BCUT2D eigenvalue weighted by atomic mass is 35.5. The Labute approximate surface area is 124 Å². The molecule has 92 valence electrons. The van der Waals surface area contributed by atoms with Crippen LogP contribution in [0.15, 0.2) is 46.2 Å². The molecule has 0 aliphatic carbocycles. The SMILES string of the molecule is O=Cc1ccc(Cl)cc1Sc1ccc(Cl)cc1Cl. The highest BCUT2D eigenvalue weighted by molar-refractivity contribution is 7.99. The molecule has 0 spiro atoms. The first kappa shape index (κ1) is 13.8. The molecule has 0 heterocycles. The first-order valence-electron chi connectivity index (χ1n) is 4.98. The van der Waals surface area contributed by atoms with Gasteiger partial charge in [0.1, 0.15) is 0 Å². The van der Waals surface area contributed by atoms with Crippen molar-refractivity contribution in [2.75, 3.05) is 0 Å². The Kier molecular flexibility index (Phi) is 4.57. The number of carbonyl (C=O) groups excluding carboxylic acids is 1. The van der Waals surface area contributed by atoms with Crippen molar-refractivity contribution in [1.29, 1.82) is 0 Å². The number of halogens is 3. The number of carbonyl (C=O) groups is 1. The number of aldehydes is 1. The normalized spacial score (nSPS) is 10.4. The fourth-order valence-electron chi connectivity index (χ4n) is 1.37. The van der Waals surface area contributed by atoms with Crippen LogP contribution in [-0.2, 0) is 0 Å². The van der Waals surface area contributed by atoms with Crippen molar-refractivity contribution in [2.24, 2.45) is 0 Å². The van der Waals surface area contributed by atoms with Crippen LogP contribution in [0.5, 0.6) is 0 Å². The molecule has 0 saturated carbocycles. The van der Waals surface area contributed by atoms with Crippen LogP contribution in [0.4, 0.5) is 0 Å². The summed E-state index contributed by atoms with van der Waals surface area (Å²) >= 11 is 19.2. The third kappa shape index (κ3) is 3.21. The van der Waals surface area contributed by atoms with Gasteiger partial charge in [-0.15, -0.1) is 0 Å². The van der Waals surface area contributed by atoms with Crippen LogP contribution < -0.4 is 0 Å². The van der Waals surface area contributed by atoms with E-state index in [9.17, 15) is 4.79 Å². The van der Waals surface area contributed by atoms with E-state index in [4.69, 9.17) is 34.8 Å². The highest BCUT2D eigenvalue weighted by Crippen LogP contribution is 2.37. The van der Waals surface area contributed by atoms with Crippen LogP contribution in [0, 0.1) is 0 Å². The third-order valence-electron chi connectivity index (χ3n) is 2.22. The summed E-state index contributed by atoms with van der Waals surface area (Å²) in [6.07, 6.45) is 0.794. The molecule has 0 atom stereocenters. The predicted molar refractivity (Wildman–Crippen MR) is 77.4 cm³/mol. The smallest absolute Gasteiger partial charge is 0.151 e. The van der Waals surface area contributed by atoms with Gasteiger partial charge >= 0.3 is 0 Å². The lowest BCUT2D eigenvalue weighted by atomic mass is 10.2. The van der Waals surface area contributed by atoms with Crippen molar-refractivity contribution >= 4 is 52.9 Å². The molecule has 1 nitrogen and oxygen atoms in total. The highest BCUT2D eigenvalue weighted by Gasteiger charge is 2.08. The average molecular weight is 318 g/mol. The van der Waals surface area contributed by atoms with Crippen molar-refractivity contribution < 1.29 is 4.79 Å². The molecule has 2 aromatic rings. The Morgan fingerprint density at radius 2 is 1.56 bits per heavy atom. The lowest BCUT2D eigenvalue weighted by molar-refractivity contribution is 0.112. The van der Waals surface area contributed by atoms with Crippen LogP contribution in [0.1, 0.15) is 10.4 Å². The van der Waals surface area contributed by atoms with E-state index in [1.807, 2.05) is 6.07 Å². The van der Waals surface area contributed by atoms with Gasteiger partial charge in [-0.3, -0.25) is 4.79 Å². The van der Waals surface area contributed by atoms with Crippen LogP contribution in [-0.4, -0.2) is 6.29 Å². The molecule has 0 saturated heterocycles. The van der Waals surface area contributed by atoms with Crippen molar-refractivity contribution in [2.45, 2.75) is 9.79 Å². The minimum atomic E-state index is 0.546. The molecule has 0 aliphatic heterocycles. The fourth-order valence-corrected chi connectivity index (χ4v) is 3.08. The molecule has 0 bridgehead atoms. The minimum Gasteiger partial charge on any atom is -0.298 e. The first-order chi connectivity index (χ1) is 8.60. The van der Waals surface area contributed by atoms with E-state index in [0.29, 0.717) is 20.6 Å². The molecule has 5 heteroatoms. The molecule has 0 amide bonds. The second-order valence-corrected chi connectivity index (χ2v) is 5.84. The zero-order valence-electron chi connectivity index (χ0n) is 8.99. The van der Waals surface area contributed by atoms with Gasteiger partial charge in [0.05, 0.1) is 5.02 Å². The maximum absolute atomic E-state index is 11.0. The van der Waals surface area contributed by atoms with E-state index in [1.165, 1.54) is 11.8 Å². The maximum Gasteiger partial charge on any atom is 0.151 e. The molecule has 0 fully saturated rings. The van der Waals surface area contributed by atoms with Crippen molar-refractivity contribution in [3.8, 4) is 0 Å². The second kappa shape index (κ2) is 5.98. The molecule has 2 aromatic carbocycles. The summed E-state index contributed by atoms with van der Waals surface area (Å²) in [5.74, 6) is 0. The van der Waals surface area contributed by atoms with E-state index in [1.54, 1.807) is 30.3 Å². The number of hydrogen-bond donors (Lipinski definition) is 0. The van der Waals surface area contributed by atoms with Gasteiger partial charge in [0.2, 0.25) is 0 Å². The lowest BCUT2D eigenvalue weighted by Gasteiger charge is -2.07. The molecular weight excluding hydrogens is 311 g/mol. The summed E-state index contributed by atoms with van der Waals surface area (Å²) in [7, 11) is 0. The molecule has 2 rings (SSSR count). The van der Waals surface area contributed by atoms with Crippen molar-refractivity contribution in [3.63, 3.8) is 0 Å². The minimum absolute atomic E-state index is 0.546. The average Bonchev–Trinajstić information content (AvgIpc) is 2.33. The number of rotatable bonds is 3. The second-order valence-electron chi connectivity index (χ2n) is 3.48. The van der Waals surface area contributed by atoms with E-state index in [-0.39, 0.29) is 0 Å². The van der Waals surface area contributed by atoms with Crippen LogP contribution in [0.2, 0.25) is 15.1 Å². The van der Waals surface area contributed by atoms with Gasteiger partial charge in [-0.2, -0.15) is 0 Å². The van der Waals surface area contributed by atoms with E-state index < -0.39 is 0 Å². The van der Waals surface area contributed by atoms with Gasteiger partial charge in [0, 0.05) is 25.4 Å². The first-order valence-corrected chi connectivity index (χ1v) is 6.93. The van der Waals surface area contributed by atoms with Gasteiger partial charge in [0.25, 0.3) is 0 Å². The van der Waals surface area contributed by atoms with E-state index in [0.717, 1.165) is 16.1 Å². The fraction of sp³-hybridized carbons (Fsp3) is 0. The number of benzene rings is 2. The summed E-state index contributed by atoms with van der Waals surface area (Å²) in [6.45, 7) is 0.